The van der Waals surface area contributed by atoms with Gasteiger partial charge in [-0.15, -0.1) is 0 Å². The summed E-state index contributed by atoms with van der Waals surface area (Å²) in [5.41, 5.74) is 0.619. The molecule has 2 rings (SSSR count). The van der Waals surface area contributed by atoms with Gasteiger partial charge in [0.2, 0.25) is 0 Å². The summed E-state index contributed by atoms with van der Waals surface area (Å²) in [6, 6.07) is 10.8. The summed E-state index contributed by atoms with van der Waals surface area (Å²) in [4.78, 5) is 2.31. The lowest BCUT2D eigenvalue weighted by molar-refractivity contribution is -0.135. The van der Waals surface area contributed by atoms with Crippen molar-refractivity contribution in [2.24, 2.45) is 0 Å². The zero-order valence-corrected chi connectivity index (χ0v) is 15.9. The molecule has 1 aromatic carbocycles. The normalized spacial score (nSPS) is 20.5. The number of likely N-dealkylation sites (tertiary alicyclic amines) is 1. The highest BCUT2D eigenvalue weighted by Gasteiger charge is 2.46. The highest BCUT2D eigenvalue weighted by molar-refractivity contribution is 6.74. The van der Waals surface area contributed by atoms with Crippen LogP contribution < -0.4 is 0 Å². The molecule has 0 radical (unpaired) electrons. The molecule has 1 heterocycles. The van der Waals surface area contributed by atoms with Gasteiger partial charge >= 0.3 is 0 Å². The SMILES string of the molecule is C[C@H](c1ccccc1)N1CC(O)(CO[Si](C)(C)C(C)(C)C)C1. The van der Waals surface area contributed by atoms with E-state index in [4.69, 9.17) is 4.43 Å². The van der Waals surface area contributed by atoms with Gasteiger partial charge in [0.15, 0.2) is 8.32 Å². The molecule has 1 aliphatic heterocycles. The average Bonchev–Trinajstić information content (AvgIpc) is 2.41. The summed E-state index contributed by atoms with van der Waals surface area (Å²) in [5.74, 6) is 0. The minimum atomic E-state index is -1.79. The number of hydrogen-bond donors (Lipinski definition) is 1. The summed E-state index contributed by atoms with van der Waals surface area (Å²) in [6.45, 7) is 15.2. The Morgan fingerprint density at radius 1 is 1.23 bits per heavy atom. The number of nitrogens with zero attached hydrogens (tertiary/aromatic N) is 1. The van der Waals surface area contributed by atoms with Crippen molar-refractivity contribution in [3.05, 3.63) is 35.9 Å². The van der Waals surface area contributed by atoms with E-state index in [2.05, 4.69) is 70.0 Å². The first-order valence-corrected chi connectivity index (χ1v) is 11.1. The van der Waals surface area contributed by atoms with E-state index >= 15 is 0 Å². The van der Waals surface area contributed by atoms with Crippen LogP contribution in [0.5, 0.6) is 0 Å². The molecule has 1 N–H and O–H groups in total. The van der Waals surface area contributed by atoms with Gasteiger partial charge in [-0.2, -0.15) is 0 Å². The lowest BCUT2D eigenvalue weighted by Crippen LogP contribution is -2.65. The molecule has 0 amide bonds. The van der Waals surface area contributed by atoms with Crippen LogP contribution in [0.3, 0.4) is 0 Å². The molecule has 124 valence electrons. The van der Waals surface area contributed by atoms with Crippen LogP contribution in [0.2, 0.25) is 18.1 Å². The summed E-state index contributed by atoms with van der Waals surface area (Å²) >= 11 is 0. The average molecular weight is 322 g/mol. The quantitative estimate of drug-likeness (QED) is 0.837. The second-order valence-corrected chi connectivity index (χ2v) is 13.1. The molecule has 0 aromatic heterocycles. The fourth-order valence-electron chi connectivity index (χ4n) is 2.55. The maximum absolute atomic E-state index is 10.7. The van der Waals surface area contributed by atoms with E-state index in [9.17, 15) is 5.11 Å². The lowest BCUT2D eigenvalue weighted by Gasteiger charge is -2.50. The fraction of sp³-hybridized carbons (Fsp3) is 0.667. The van der Waals surface area contributed by atoms with Gasteiger partial charge in [-0.1, -0.05) is 51.1 Å². The van der Waals surface area contributed by atoms with E-state index in [1.165, 1.54) is 5.56 Å². The van der Waals surface area contributed by atoms with Gasteiger partial charge in [0.05, 0.1) is 6.61 Å². The Labute approximate surface area is 136 Å². The summed E-state index contributed by atoms with van der Waals surface area (Å²) < 4.78 is 6.20. The third-order valence-corrected chi connectivity index (χ3v) is 9.81. The van der Waals surface area contributed by atoms with Crippen molar-refractivity contribution in [3.63, 3.8) is 0 Å². The van der Waals surface area contributed by atoms with Gasteiger partial charge < -0.3 is 9.53 Å². The van der Waals surface area contributed by atoms with Gasteiger partial charge in [-0.3, -0.25) is 4.90 Å². The van der Waals surface area contributed by atoms with Crippen LogP contribution in [0.4, 0.5) is 0 Å². The first kappa shape index (κ1) is 17.7. The summed E-state index contributed by atoms with van der Waals surface area (Å²) in [7, 11) is -1.79. The van der Waals surface area contributed by atoms with Crippen molar-refractivity contribution in [1.82, 2.24) is 4.90 Å². The van der Waals surface area contributed by atoms with Gasteiger partial charge in [0, 0.05) is 19.1 Å². The minimum absolute atomic E-state index is 0.185. The Kier molecular flexibility index (Phi) is 4.88. The van der Waals surface area contributed by atoms with E-state index in [0.29, 0.717) is 25.7 Å². The largest absolute Gasteiger partial charge is 0.414 e. The van der Waals surface area contributed by atoms with Gasteiger partial charge in [0.1, 0.15) is 5.60 Å². The van der Waals surface area contributed by atoms with Crippen LogP contribution >= 0.6 is 0 Å². The summed E-state index contributed by atoms with van der Waals surface area (Å²) in [5, 5.41) is 10.8. The third kappa shape index (κ3) is 3.80. The smallest absolute Gasteiger partial charge is 0.192 e. The molecule has 0 bridgehead atoms. The molecule has 1 aliphatic rings. The van der Waals surface area contributed by atoms with E-state index < -0.39 is 13.9 Å². The van der Waals surface area contributed by atoms with E-state index in [1.807, 2.05) is 6.07 Å². The van der Waals surface area contributed by atoms with Gasteiger partial charge in [-0.25, -0.2) is 0 Å². The summed E-state index contributed by atoms with van der Waals surface area (Å²) in [6.07, 6.45) is 0. The number of aliphatic hydroxyl groups is 1. The molecule has 0 unspecified atom stereocenters. The zero-order valence-electron chi connectivity index (χ0n) is 14.9. The Bertz CT molecular complexity index is 490. The van der Waals surface area contributed by atoms with Crippen molar-refractivity contribution >= 4 is 8.32 Å². The monoisotopic (exact) mass is 321 g/mol. The second kappa shape index (κ2) is 6.08. The van der Waals surface area contributed by atoms with Crippen molar-refractivity contribution in [2.45, 2.75) is 57.5 Å². The maximum atomic E-state index is 10.7. The molecule has 4 heteroatoms. The first-order chi connectivity index (χ1) is 10.0. The van der Waals surface area contributed by atoms with Gasteiger partial charge in [-0.05, 0) is 30.6 Å². The minimum Gasteiger partial charge on any atom is -0.414 e. The van der Waals surface area contributed by atoms with Crippen LogP contribution in [0, 0.1) is 0 Å². The van der Waals surface area contributed by atoms with Crippen molar-refractivity contribution in [1.29, 1.82) is 0 Å². The van der Waals surface area contributed by atoms with Crippen LogP contribution in [0.1, 0.15) is 39.3 Å². The topological polar surface area (TPSA) is 32.7 Å². The Hall–Kier alpha value is -0.683. The standard InChI is InChI=1S/C18H31NO2Si/c1-15(16-10-8-7-9-11-16)19-12-18(20,13-19)14-21-22(5,6)17(2,3)4/h7-11,15,20H,12-14H2,1-6H3/t15-/m1/s1. The van der Waals surface area contributed by atoms with Crippen LogP contribution in [0.25, 0.3) is 0 Å². The molecule has 3 nitrogen and oxygen atoms in total. The van der Waals surface area contributed by atoms with E-state index in [-0.39, 0.29) is 5.04 Å². The predicted octanol–water partition coefficient (Wildman–Crippen LogP) is 3.82. The highest BCUT2D eigenvalue weighted by atomic mass is 28.4. The Morgan fingerprint density at radius 3 is 2.27 bits per heavy atom. The molecule has 22 heavy (non-hydrogen) atoms. The van der Waals surface area contributed by atoms with Crippen molar-refractivity contribution < 1.29 is 9.53 Å². The highest BCUT2D eigenvalue weighted by Crippen LogP contribution is 2.38. The molecule has 0 spiro atoms. The number of β-amino-alcohol motifs (C(OH)–C–C–N with tert-alkyl or cyclic N) is 1. The molecule has 1 saturated heterocycles. The molecule has 1 aromatic rings. The Morgan fingerprint density at radius 2 is 1.77 bits per heavy atom. The molecule has 1 fully saturated rings. The van der Waals surface area contributed by atoms with E-state index in [0.717, 1.165) is 0 Å². The van der Waals surface area contributed by atoms with Crippen LogP contribution in [-0.2, 0) is 4.43 Å². The predicted molar refractivity (Wildman–Crippen MR) is 94.5 cm³/mol. The molecule has 0 aliphatic carbocycles. The number of rotatable bonds is 5. The Balaban J connectivity index is 1.87. The molecule has 0 saturated carbocycles. The van der Waals surface area contributed by atoms with Crippen molar-refractivity contribution in [2.75, 3.05) is 19.7 Å². The first-order valence-electron chi connectivity index (χ1n) is 8.19. The van der Waals surface area contributed by atoms with Crippen molar-refractivity contribution in [3.8, 4) is 0 Å². The second-order valence-electron chi connectivity index (χ2n) is 8.26. The zero-order chi connectivity index (χ0) is 16.6. The molecular formula is C18H31NO2Si. The third-order valence-electron chi connectivity index (χ3n) is 5.33. The van der Waals surface area contributed by atoms with E-state index in [1.54, 1.807) is 0 Å². The fourth-order valence-corrected chi connectivity index (χ4v) is 3.61. The lowest BCUT2D eigenvalue weighted by atomic mass is 9.91. The maximum Gasteiger partial charge on any atom is 0.192 e. The number of benzene rings is 1. The molecule has 1 atom stereocenters. The van der Waals surface area contributed by atoms with Crippen LogP contribution in [0.15, 0.2) is 30.3 Å². The number of hydrogen-bond acceptors (Lipinski definition) is 3. The van der Waals surface area contributed by atoms with Gasteiger partial charge in [0.25, 0.3) is 0 Å². The van der Waals surface area contributed by atoms with Crippen LogP contribution in [-0.4, -0.2) is 43.6 Å². The molecular weight excluding hydrogens is 290 g/mol.